The van der Waals surface area contributed by atoms with E-state index in [1.165, 1.54) is 23.8 Å². The van der Waals surface area contributed by atoms with E-state index in [4.69, 9.17) is 0 Å². The Morgan fingerprint density at radius 2 is 2.20 bits per heavy atom. The van der Waals surface area contributed by atoms with Crippen molar-refractivity contribution in [2.45, 2.75) is 32.4 Å². The Kier molecular flexibility index (Phi) is 3.98. The molecule has 1 heterocycles. The van der Waals surface area contributed by atoms with Crippen LogP contribution in [0.4, 0.5) is 15.2 Å². The third kappa shape index (κ3) is 2.99. The summed E-state index contributed by atoms with van der Waals surface area (Å²) in [4.78, 5) is 7.55. The van der Waals surface area contributed by atoms with Crippen LogP contribution in [0.25, 0.3) is 0 Å². The lowest BCUT2D eigenvalue weighted by molar-refractivity contribution is 0.625. The number of aromatic nitrogens is 1. The fraction of sp³-hybridized carbons (Fsp3) is 0.400. The maximum atomic E-state index is 13.9. The van der Waals surface area contributed by atoms with Gasteiger partial charge in [-0.1, -0.05) is 12.1 Å². The van der Waals surface area contributed by atoms with Crippen LogP contribution in [0, 0.1) is 5.82 Å². The molecule has 1 aliphatic rings. The zero-order valence-corrected chi connectivity index (χ0v) is 12.3. The summed E-state index contributed by atoms with van der Waals surface area (Å²) in [5, 5.41) is 4.32. The van der Waals surface area contributed by atoms with Crippen LogP contribution in [0.3, 0.4) is 0 Å². The smallest absolute Gasteiger partial charge is 0.190 e. The number of hydrogen-bond donors (Lipinski definition) is 1. The molecule has 0 bridgehead atoms. The molecule has 3 rings (SSSR count). The molecule has 1 aromatic carbocycles. The highest BCUT2D eigenvalue weighted by atomic mass is 32.1. The van der Waals surface area contributed by atoms with Crippen LogP contribution < -0.4 is 10.2 Å². The van der Waals surface area contributed by atoms with Crippen molar-refractivity contribution < 1.29 is 4.39 Å². The summed E-state index contributed by atoms with van der Waals surface area (Å²) in [6, 6.07) is 7.53. The SMILES string of the molecule is CCN(c1ncc(CNC2CC2)s1)c1ccccc1F. The topological polar surface area (TPSA) is 28.2 Å². The molecule has 1 aromatic heterocycles. The van der Waals surface area contributed by atoms with Crippen LogP contribution in [-0.2, 0) is 6.54 Å². The maximum Gasteiger partial charge on any atom is 0.190 e. The van der Waals surface area contributed by atoms with Gasteiger partial charge >= 0.3 is 0 Å². The normalized spacial score (nSPS) is 14.5. The molecule has 0 amide bonds. The van der Waals surface area contributed by atoms with Crippen LogP contribution in [0.2, 0.25) is 0 Å². The van der Waals surface area contributed by atoms with Crippen LogP contribution in [-0.4, -0.2) is 17.6 Å². The summed E-state index contributed by atoms with van der Waals surface area (Å²) < 4.78 is 13.9. The number of anilines is 2. The molecular weight excluding hydrogens is 273 g/mol. The van der Waals surface area contributed by atoms with Gasteiger partial charge in [0, 0.05) is 30.2 Å². The molecule has 1 N–H and O–H groups in total. The first-order chi connectivity index (χ1) is 9.78. The Balaban J connectivity index is 1.76. The van der Waals surface area contributed by atoms with E-state index in [2.05, 4.69) is 10.3 Å². The zero-order chi connectivity index (χ0) is 13.9. The Hall–Kier alpha value is -1.46. The summed E-state index contributed by atoms with van der Waals surface area (Å²) >= 11 is 1.62. The van der Waals surface area contributed by atoms with Crippen LogP contribution in [0.1, 0.15) is 24.6 Å². The lowest BCUT2D eigenvalue weighted by Crippen LogP contribution is -2.17. The second kappa shape index (κ2) is 5.89. The number of halogens is 1. The van der Waals surface area contributed by atoms with Gasteiger partial charge in [0.25, 0.3) is 0 Å². The Morgan fingerprint density at radius 3 is 2.90 bits per heavy atom. The number of para-hydroxylation sites is 1. The maximum absolute atomic E-state index is 13.9. The minimum Gasteiger partial charge on any atom is -0.315 e. The van der Waals surface area contributed by atoms with Crippen molar-refractivity contribution in [2.24, 2.45) is 0 Å². The van der Waals surface area contributed by atoms with Crippen LogP contribution >= 0.6 is 11.3 Å². The molecule has 0 unspecified atom stereocenters. The molecule has 5 heteroatoms. The Bertz CT molecular complexity index is 580. The summed E-state index contributed by atoms with van der Waals surface area (Å²) in [5.41, 5.74) is 0.589. The predicted molar refractivity (Wildman–Crippen MR) is 81.1 cm³/mol. The van der Waals surface area contributed by atoms with Crippen molar-refractivity contribution in [1.29, 1.82) is 0 Å². The average molecular weight is 291 g/mol. The van der Waals surface area contributed by atoms with Crippen molar-refractivity contribution in [2.75, 3.05) is 11.4 Å². The van der Waals surface area contributed by atoms with E-state index < -0.39 is 0 Å². The van der Waals surface area contributed by atoms with E-state index in [-0.39, 0.29) is 5.82 Å². The molecule has 0 atom stereocenters. The number of rotatable bonds is 6. The summed E-state index contributed by atoms with van der Waals surface area (Å²) in [6.07, 6.45) is 4.45. The van der Waals surface area contributed by atoms with E-state index in [9.17, 15) is 4.39 Å². The number of hydrogen-bond acceptors (Lipinski definition) is 4. The average Bonchev–Trinajstić information content (AvgIpc) is 3.18. The number of thiazole rings is 1. The lowest BCUT2D eigenvalue weighted by atomic mass is 10.3. The van der Waals surface area contributed by atoms with Gasteiger partial charge in [0.1, 0.15) is 5.82 Å². The van der Waals surface area contributed by atoms with Crippen molar-refractivity contribution in [3.8, 4) is 0 Å². The molecule has 3 nitrogen and oxygen atoms in total. The first-order valence-electron chi connectivity index (χ1n) is 6.98. The van der Waals surface area contributed by atoms with E-state index >= 15 is 0 Å². The van der Waals surface area contributed by atoms with Gasteiger partial charge in [0.15, 0.2) is 5.13 Å². The summed E-state index contributed by atoms with van der Waals surface area (Å²) in [5.74, 6) is -0.206. The van der Waals surface area contributed by atoms with Gasteiger partial charge in [-0.05, 0) is 31.9 Å². The predicted octanol–water partition coefficient (Wildman–Crippen LogP) is 3.69. The minimum atomic E-state index is -0.206. The van der Waals surface area contributed by atoms with E-state index in [0.717, 1.165) is 11.7 Å². The van der Waals surface area contributed by atoms with Gasteiger partial charge in [0.2, 0.25) is 0 Å². The Labute approximate surface area is 122 Å². The molecule has 20 heavy (non-hydrogen) atoms. The van der Waals surface area contributed by atoms with E-state index in [1.807, 2.05) is 24.1 Å². The van der Waals surface area contributed by atoms with E-state index in [0.29, 0.717) is 18.3 Å². The van der Waals surface area contributed by atoms with E-state index in [1.54, 1.807) is 23.5 Å². The third-order valence-electron chi connectivity index (χ3n) is 3.37. The molecule has 0 spiro atoms. The minimum absolute atomic E-state index is 0.206. The first-order valence-corrected chi connectivity index (χ1v) is 7.79. The van der Waals surface area contributed by atoms with Crippen molar-refractivity contribution in [3.63, 3.8) is 0 Å². The standard InChI is InChI=1S/C15H18FN3S/c1-2-19(14-6-4-3-5-13(14)16)15-18-10-12(20-15)9-17-11-7-8-11/h3-6,10-11,17H,2,7-9H2,1H3. The van der Waals surface area contributed by atoms with Gasteiger partial charge < -0.3 is 10.2 Å². The van der Waals surface area contributed by atoms with Gasteiger partial charge in [-0.25, -0.2) is 9.37 Å². The van der Waals surface area contributed by atoms with Gasteiger partial charge in [-0.15, -0.1) is 11.3 Å². The number of benzene rings is 1. The fourth-order valence-corrected chi connectivity index (χ4v) is 3.05. The lowest BCUT2D eigenvalue weighted by Gasteiger charge is -2.20. The molecule has 1 fully saturated rings. The van der Waals surface area contributed by atoms with Crippen molar-refractivity contribution in [1.82, 2.24) is 10.3 Å². The van der Waals surface area contributed by atoms with Crippen molar-refractivity contribution in [3.05, 3.63) is 41.2 Å². The highest BCUT2D eigenvalue weighted by Crippen LogP contribution is 2.31. The van der Waals surface area contributed by atoms with Gasteiger partial charge in [0.05, 0.1) is 5.69 Å². The largest absolute Gasteiger partial charge is 0.315 e. The molecule has 0 aliphatic heterocycles. The second-order valence-electron chi connectivity index (χ2n) is 4.96. The number of nitrogens with one attached hydrogen (secondary N) is 1. The summed E-state index contributed by atoms with van der Waals surface area (Å²) in [6.45, 7) is 3.57. The molecule has 1 aliphatic carbocycles. The molecule has 0 saturated heterocycles. The molecule has 1 saturated carbocycles. The third-order valence-corrected chi connectivity index (χ3v) is 4.39. The molecule has 2 aromatic rings. The quantitative estimate of drug-likeness (QED) is 0.879. The second-order valence-corrected chi connectivity index (χ2v) is 6.05. The number of nitrogens with zero attached hydrogens (tertiary/aromatic N) is 2. The zero-order valence-electron chi connectivity index (χ0n) is 11.5. The molecular formula is C15H18FN3S. The van der Waals surface area contributed by atoms with Gasteiger partial charge in [-0.2, -0.15) is 0 Å². The summed E-state index contributed by atoms with van der Waals surface area (Å²) in [7, 11) is 0. The fourth-order valence-electron chi connectivity index (χ4n) is 2.12. The monoisotopic (exact) mass is 291 g/mol. The Morgan fingerprint density at radius 1 is 1.40 bits per heavy atom. The van der Waals surface area contributed by atoms with Gasteiger partial charge in [-0.3, -0.25) is 0 Å². The van der Waals surface area contributed by atoms with Crippen LogP contribution in [0.15, 0.2) is 30.5 Å². The van der Waals surface area contributed by atoms with Crippen molar-refractivity contribution >= 4 is 22.2 Å². The molecule has 0 radical (unpaired) electrons. The highest BCUT2D eigenvalue weighted by Gasteiger charge is 2.21. The highest BCUT2D eigenvalue weighted by molar-refractivity contribution is 7.15. The molecule has 106 valence electrons. The first kappa shape index (κ1) is 13.5. The van der Waals surface area contributed by atoms with Crippen LogP contribution in [0.5, 0.6) is 0 Å².